The third-order valence-corrected chi connectivity index (χ3v) is 7.99. The van der Waals surface area contributed by atoms with Gasteiger partial charge in [-0.05, 0) is 24.6 Å². The van der Waals surface area contributed by atoms with Gasteiger partial charge in [-0.15, -0.1) is 11.3 Å². The largest absolute Gasteiger partial charge is 0.466 e. The number of aliphatic imine (C=N–C) groups is 1. The number of rotatable bonds is 3. The van der Waals surface area contributed by atoms with Gasteiger partial charge < -0.3 is 9.64 Å². The van der Waals surface area contributed by atoms with Crippen molar-refractivity contribution in [2.24, 2.45) is 4.99 Å². The SMILES string of the molecule is COC(=O)C1=C2C[C@H](N3CCCS3=O)CN2C(c2nccs2)=NC1.Fc1cccc(Cl)c1. The Labute approximate surface area is 197 Å². The number of carbonyl (C=O) groups excluding carboxylic acids is 1. The average Bonchev–Trinajstić information content (AvgIpc) is 3.53. The molecule has 2 atom stereocenters. The van der Waals surface area contributed by atoms with Crippen LogP contribution in [0.4, 0.5) is 4.39 Å². The summed E-state index contributed by atoms with van der Waals surface area (Å²) in [5.41, 5.74) is 1.54. The first kappa shape index (κ1) is 23.0. The van der Waals surface area contributed by atoms with E-state index < -0.39 is 11.0 Å². The third kappa shape index (κ3) is 4.93. The van der Waals surface area contributed by atoms with Crippen molar-refractivity contribution in [1.82, 2.24) is 14.2 Å². The molecule has 0 aliphatic carbocycles. The van der Waals surface area contributed by atoms with Crippen molar-refractivity contribution < 1.29 is 18.1 Å². The molecule has 4 heterocycles. The van der Waals surface area contributed by atoms with Gasteiger partial charge in [0.2, 0.25) is 0 Å². The Balaban J connectivity index is 0.000000260. The second kappa shape index (κ2) is 10.2. The van der Waals surface area contributed by atoms with Crippen molar-refractivity contribution >= 4 is 45.7 Å². The third-order valence-electron chi connectivity index (χ3n) is 5.35. The minimum atomic E-state index is -0.921. The number of fused-ring (bicyclic) bond motifs is 1. The molecule has 170 valence electrons. The molecule has 2 fully saturated rings. The van der Waals surface area contributed by atoms with Crippen LogP contribution in [0.15, 0.2) is 52.1 Å². The molecule has 32 heavy (non-hydrogen) atoms. The molecule has 0 amide bonds. The molecule has 0 saturated carbocycles. The average molecular weight is 497 g/mol. The van der Waals surface area contributed by atoms with Crippen LogP contribution in [0.5, 0.6) is 0 Å². The Morgan fingerprint density at radius 2 is 2.25 bits per heavy atom. The lowest BCUT2D eigenvalue weighted by Gasteiger charge is -2.27. The highest BCUT2D eigenvalue weighted by Crippen LogP contribution is 2.35. The number of thiazole rings is 1. The Morgan fingerprint density at radius 1 is 1.41 bits per heavy atom. The highest BCUT2D eigenvalue weighted by atomic mass is 35.5. The fraction of sp³-hybridized carbons (Fsp3) is 0.381. The topological polar surface area (TPSA) is 75.1 Å². The van der Waals surface area contributed by atoms with E-state index >= 15 is 0 Å². The van der Waals surface area contributed by atoms with Crippen LogP contribution < -0.4 is 0 Å². The zero-order valence-electron chi connectivity index (χ0n) is 17.4. The van der Waals surface area contributed by atoms with Crippen LogP contribution in [0.1, 0.15) is 17.8 Å². The van der Waals surface area contributed by atoms with E-state index in [1.165, 1.54) is 30.6 Å². The maximum Gasteiger partial charge on any atom is 0.337 e. The minimum Gasteiger partial charge on any atom is -0.466 e. The molecule has 3 aliphatic rings. The number of nitrogens with zero attached hydrogens (tertiary/aromatic N) is 4. The van der Waals surface area contributed by atoms with Crippen LogP contribution in [-0.2, 0) is 20.5 Å². The first-order valence-corrected chi connectivity index (χ1v) is 12.6. The molecular weight excluding hydrogens is 475 g/mol. The fourth-order valence-electron chi connectivity index (χ4n) is 3.94. The molecule has 1 unspecified atom stereocenters. The molecule has 11 heteroatoms. The number of aromatic nitrogens is 1. The number of benzene rings is 1. The van der Waals surface area contributed by atoms with Gasteiger partial charge >= 0.3 is 5.97 Å². The Kier molecular flexibility index (Phi) is 7.34. The van der Waals surface area contributed by atoms with E-state index in [1.54, 1.807) is 18.3 Å². The Morgan fingerprint density at radius 3 is 2.84 bits per heavy atom. The van der Waals surface area contributed by atoms with Gasteiger partial charge in [-0.2, -0.15) is 0 Å². The van der Waals surface area contributed by atoms with E-state index in [9.17, 15) is 13.4 Å². The number of esters is 1. The first-order valence-electron chi connectivity index (χ1n) is 10.1. The van der Waals surface area contributed by atoms with E-state index in [4.69, 9.17) is 16.3 Å². The van der Waals surface area contributed by atoms with Crippen LogP contribution in [0, 0.1) is 5.82 Å². The summed E-state index contributed by atoms with van der Waals surface area (Å²) >= 11 is 6.94. The van der Waals surface area contributed by atoms with Crippen molar-refractivity contribution in [3.63, 3.8) is 0 Å². The van der Waals surface area contributed by atoms with Crippen molar-refractivity contribution in [1.29, 1.82) is 0 Å². The van der Waals surface area contributed by atoms with Gasteiger partial charge in [-0.25, -0.2) is 22.7 Å². The lowest BCUT2D eigenvalue weighted by atomic mass is 10.1. The van der Waals surface area contributed by atoms with Crippen LogP contribution in [0.3, 0.4) is 0 Å². The monoisotopic (exact) mass is 496 g/mol. The molecule has 0 bridgehead atoms. The van der Waals surface area contributed by atoms with Crippen LogP contribution in [0.25, 0.3) is 0 Å². The zero-order valence-corrected chi connectivity index (χ0v) is 19.8. The van der Waals surface area contributed by atoms with E-state index in [1.807, 2.05) is 5.38 Å². The molecule has 3 aliphatic heterocycles. The molecule has 7 nitrogen and oxygen atoms in total. The summed E-state index contributed by atoms with van der Waals surface area (Å²) in [6.45, 7) is 1.83. The highest BCUT2D eigenvalue weighted by Gasteiger charge is 2.41. The molecule has 1 aromatic heterocycles. The summed E-state index contributed by atoms with van der Waals surface area (Å²) in [5, 5.41) is 3.20. The molecule has 1 aromatic carbocycles. The van der Waals surface area contributed by atoms with E-state index in [0.717, 1.165) is 35.3 Å². The standard InChI is InChI=1S/C15H18N4O3S2.C6H4ClF/c1-22-15(20)11-8-17-13(14-16-3-5-23-14)18-9-10(7-12(11)18)19-4-2-6-24(19)21;7-5-2-1-3-6(8)4-5/h3,5,10H,2,4,6-9H2,1H3;1-4H/t10-,24?;/m0./s1. The van der Waals surface area contributed by atoms with Crippen LogP contribution in [-0.4, -0.2) is 68.7 Å². The number of amidine groups is 1. The summed E-state index contributed by atoms with van der Waals surface area (Å²) < 4.78 is 31.3. The number of hydrogen-bond acceptors (Lipinski definition) is 7. The molecule has 2 saturated heterocycles. The van der Waals surface area contributed by atoms with Crippen molar-refractivity contribution in [2.45, 2.75) is 18.9 Å². The first-order chi connectivity index (χ1) is 15.5. The summed E-state index contributed by atoms with van der Waals surface area (Å²) in [7, 11) is 0.471. The summed E-state index contributed by atoms with van der Waals surface area (Å²) in [6.07, 6.45) is 3.41. The lowest BCUT2D eigenvalue weighted by Crippen LogP contribution is -2.38. The smallest absolute Gasteiger partial charge is 0.337 e. The van der Waals surface area contributed by atoms with E-state index in [0.29, 0.717) is 30.1 Å². The molecule has 0 N–H and O–H groups in total. The number of ether oxygens (including phenoxy) is 1. The number of methoxy groups -OCH3 is 1. The van der Waals surface area contributed by atoms with Gasteiger partial charge in [-0.3, -0.25) is 4.99 Å². The maximum atomic E-state index is 12.2. The summed E-state index contributed by atoms with van der Waals surface area (Å²) in [6, 6.07) is 5.95. The predicted octanol–water partition coefficient (Wildman–Crippen LogP) is 3.25. The van der Waals surface area contributed by atoms with E-state index in [-0.39, 0.29) is 17.8 Å². The van der Waals surface area contributed by atoms with Gasteiger partial charge in [0.25, 0.3) is 0 Å². The van der Waals surface area contributed by atoms with Gasteiger partial charge in [0.1, 0.15) is 5.82 Å². The number of halogens is 2. The lowest BCUT2D eigenvalue weighted by molar-refractivity contribution is -0.136. The number of carbonyl (C=O) groups is 1. The summed E-state index contributed by atoms with van der Waals surface area (Å²) in [4.78, 5) is 23.1. The van der Waals surface area contributed by atoms with Gasteiger partial charge in [0.05, 0.1) is 30.2 Å². The normalized spacial score (nSPS) is 22.8. The highest BCUT2D eigenvalue weighted by molar-refractivity contribution is 7.82. The fourth-order valence-corrected chi connectivity index (χ4v) is 6.18. The minimum absolute atomic E-state index is 0.131. The molecular formula is C21H22ClFN4O3S2. The Bertz CT molecular complexity index is 1060. The summed E-state index contributed by atoms with van der Waals surface area (Å²) in [5.74, 6) is 0.907. The van der Waals surface area contributed by atoms with Gasteiger partial charge in [0, 0.05) is 53.6 Å². The van der Waals surface area contributed by atoms with E-state index in [2.05, 4.69) is 19.2 Å². The molecule has 0 radical (unpaired) electrons. The second-order valence-corrected chi connectivity index (χ2v) is 10.2. The van der Waals surface area contributed by atoms with Crippen LogP contribution in [0.2, 0.25) is 5.02 Å². The van der Waals surface area contributed by atoms with Crippen molar-refractivity contribution in [3.8, 4) is 0 Å². The maximum absolute atomic E-state index is 12.2. The number of hydrogen-bond donors (Lipinski definition) is 0. The molecule has 0 spiro atoms. The predicted molar refractivity (Wildman–Crippen MR) is 123 cm³/mol. The van der Waals surface area contributed by atoms with Crippen molar-refractivity contribution in [2.75, 3.05) is 32.5 Å². The van der Waals surface area contributed by atoms with Gasteiger partial charge in [-0.1, -0.05) is 17.7 Å². The zero-order chi connectivity index (χ0) is 22.7. The molecule has 2 aromatic rings. The quantitative estimate of drug-likeness (QED) is 0.610. The van der Waals surface area contributed by atoms with Gasteiger partial charge in [0.15, 0.2) is 10.8 Å². The molecule has 5 rings (SSSR count). The van der Waals surface area contributed by atoms with Crippen LogP contribution >= 0.6 is 22.9 Å². The van der Waals surface area contributed by atoms with Crippen molar-refractivity contribution in [3.05, 3.63) is 63.0 Å². The second-order valence-electron chi connectivity index (χ2n) is 7.32. The Hall–Kier alpha value is -2.14.